The number of nitro groups is 1. The second kappa shape index (κ2) is 6.48. The van der Waals surface area contributed by atoms with E-state index in [1.54, 1.807) is 6.92 Å². The fraction of sp³-hybridized carbons (Fsp3) is 0.333. The molecule has 0 aromatic heterocycles. The summed E-state index contributed by atoms with van der Waals surface area (Å²) >= 11 is 0. The second-order valence-electron chi connectivity index (χ2n) is 3.58. The molecule has 0 bridgehead atoms. The largest absolute Gasteiger partial charge is 0.490 e. The van der Waals surface area contributed by atoms with Crippen molar-refractivity contribution in [3.63, 3.8) is 0 Å². The topological polar surface area (TPSA) is 95.7 Å². The molecule has 0 aliphatic rings. The first kappa shape index (κ1) is 14.6. The fourth-order valence-electron chi connectivity index (χ4n) is 1.56. The van der Waals surface area contributed by atoms with Gasteiger partial charge in [0.2, 0.25) is 0 Å². The van der Waals surface area contributed by atoms with Crippen molar-refractivity contribution in [1.29, 1.82) is 0 Å². The zero-order valence-electron chi connectivity index (χ0n) is 10.5. The van der Waals surface area contributed by atoms with E-state index in [9.17, 15) is 19.7 Å². The van der Waals surface area contributed by atoms with Crippen molar-refractivity contribution in [3.05, 3.63) is 33.4 Å². The van der Waals surface area contributed by atoms with Gasteiger partial charge in [-0.3, -0.25) is 19.7 Å². The molecule has 0 saturated carbocycles. The average Bonchev–Trinajstić information content (AvgIpc) is 2.38. The number of carbonyl (C=O) groups excluding carboxylic acids is 2. The summed E-state index contributed by atoms with van der Waals surface area (Å²) in [5, 5.41) is 10.9. The summed E-state index contributed by atoms with van der Waals surface area (Å²) in [6.45, 7) is 1.85. The van der Waals surface area contributed by atoms with E-state index in [2.05, 4.69) is 0 Å². The standard InChI is InChI=1S/C12H13NO6/c1-3-19-12(15)6-8-4-10(13(16)17)11(18-2)5-9(8)7-14/h4-5,7H,3,6H2,1-2H3. The van der Waals surface area contributed by atoms with Gasteiger partial charge in [-0.15, -0.1) is 0 Å². The van der Waals surface area contributed by atoms with Gasteiger partial charge in [0.15, 0.2) is 5.75 Å². The molecular formula is C12H13NO6. The molecule has 7 heteroatoms. The summed E-state index contributed by atoms with van der Waals surface area (Å²) in [5.41, 5.74) is 0.101. The summed E-state index contributed by atoms with van der Waals surface area (Å²) < 4.78 is 9.59. The average molecular weight is 267 g/mol. The van der Waals surface area contributed by atoms with E-state index in [-0.39, 0.29) is 35.6 Å². The summed E-state index contributed by atoms with van der Waals surface area (Å²) in [7, 11) is 1.27. The Morgan fingerprint density at radius 3 is 2.63 bits per heavy atom. The van der Waals surface area contributed by atoms with Gasteiger partial charge >= 0.3 is 11.7 Å². The van der Waals surface area contributed by atoms with E-state index in [4.69, 9.17) is 9.47 Å². The zero-order valence-corrected chi connectivity index (χ0v) is 10.5. The highest BCUT2D eigenvalue weighted by Crippen LogP contribution is 2.30. The summed E-state index contributed by atoms with van der Waals surface area (Å²) in [4.78, 5) is 32.5. The van der Waals surface area contributed by atoms with Crippen LogP contribution in [0.4, 0.5) is 5.69 Å². The number of carbonyl (C=O) groups is 2. The van der Waals surface area contributed by atoms with Crippen LogP contribution in [-0.4, -0.2) is 30.9 Å². The van der Waals surface area contributed by atoms with Crippen molar-refractivity contribution in [1.82, 2.24) is 0 Å². The molecule has 0 heterocycles. The Labute approximate surface area is 109 Å². The Morgan fingerprint density at radius 1 is 1.47 bits per heavy atom. The minimum Gasteiger partial charge on any atom is -0.490 e. The van der Waals surface area contributed by atoms with Crippen molar-refractivity contribution in [3.8, 4) is 5.75 Å². The van der Waals surface area contributed by atoms with Crippen LogP contribution in [0.15, 0.2) is 12.1 Å². The lowest BCUT2D eigenvalue weighted by atomic mass is 10.0. The molecule has 7 nitrogen and oxygen atoms in total. The number of esters is 1. The molecule has 19 heavy (non-hydrogen) atoms. The van der Waals surface area contributed by atoms with Crippen LogP contribution in [0.25, 0.3) is 0 Å². The fourth-order valence-corrected chi connectivity index (χ4v) is 1.56. The van der Waals surface area contributed by atoms with Crippen LogP contribution in [0.3, 0.4) is 0 Å². The highest BCUT2D eigenvalue weighted by Gasteiger charge is 2.20. The quantitative estimate of drug-likeness (QED) is 0.335. The van der Waals surface area contributed by atoms with Crippen molar-refractivity contribution in [2.24, 2.45) is 0 Å². The number of hydrogen-bond donors (Lipinski definition) is 0. The third-order valence-electron chi connectivity index (χ3n) is 2.40. The second-order valence-corrected chi connectivity index (χ2v) is 3.58. The van der Waals surface area contributed by atoms with Crippen LogP contribution in [0.5, 0.6) is 5.75 Å². The molecule has 1 aromatic carbocycles. The Kier molecular flexibility index (Phi) is 4.99. The maximum atomic E-state index is 11.4. The van der Waals surface area contributed by atoms with Gasteiger partial charge in [-0.05, 0) is 18.6 Å². The predicted octanol–water partition coefficient (Wildman–Crippen LogP) is 1.52. The number of benzene rings is 1. The van der Waals surface area contributed by atoms with Crippen molar-refractivity contribution in [2.45, 2.75) is 13.3 Å². The molecule has 0 unspecified atom stereocenters. The first-order valence-electron chi connectivity index (χ1n) is 5.49. The summed E-state index contributed by atoms with van der Waals surface area (Å²) in [5.74, 6) is -0.579. The number of rotatable bonds is 6. The van der Waals surface area contributed by atoms with Crippen LogP contribution in [-0.2, 0) is 16.0 Å². The Balaban J connectivity index is 3.22. The molecule has 102 valence electrons. The van der Waals surface area contributed by atoms with Crippen LogP contribution < -0.4 is 4.74 Å². The third-order valence-corrected chi connectivity index (χ3v) is 2.40. The van der Waals surface area contributed by atoms with E-state index < -0.39 is 10.9 Å². The molecule has 0 aliphatic heterocycles. The normalized spacial score (nSPS) is 9.79. The molecule has 0 amide bonds. The monoisotopic (exact) mass is 267 g/mol. The van der Waals surface area contributed by atoms with E-state index in [1.807, 2.05) is 0 Å². The van der Waals surface area contributed by atoms with Crippen LogP contribution in [0.2, 0.25) is 0 Å². The van der Waals surface area contributed by atoms with E-state index in [0.29, 0.717) is 6.29 Å². The summed E-state index contributed by atoms with van der Waals surface area (Å²) in [6, 6.07) is 2.39. The molecule has 1 rings (SSSR count). The van der Waals surface area contributed by atoms with Crippen LogP contribution in [0, 0.1) is 10.1 Å². The van der Waals surface area contributed by atoms with Gasteiger partial charge in [-0.25, -0.2) is 0 Å². The molecule has 0 N–H and O–H groups in total. The van der Waals surface area contributed by atoms with E-state index in [1.165, 1.54) is 13.2 Å². The number of nitrogens with zero attached hydrogens (tertiary/aromatic N) is 1. The molecule has 0 saturated heterocycles. The number of methoxy groups -OCH3 is 1. The smallest absolute Gasteiger partial charge is 0.311 e. The lowest BCUT2D eigenvalue weighted by Gasteiger charge is -2.08. The number of ether oxygens (including phenoxy) is 2. The molecule has 0 spiro atoms. The minimum atomic E-state index is -0.637. The molecular weight excluding hydrogens is 254 g/mol. The Bertz CT molecular complexity index is 511. The zero-order chi connectivity index (χ0) is 14.4. The molecule has 0 aliphatic carbocycles. The van der Waals surface area contributed by atoms with Gasteiger partial charge in [0, 0.05) is 11.6 Å². The maximum absolute atomic E-state index is 11.4. The van der Waals surface area contributed by atoms with E-state index in [0.717, 1.165) is 6.07 Å². The van der Waals surface area contributed by atoms with Gasteiger partial charge in [0.05, 0.1) is 25.1 Å². The van der Waals surface area contributed by atoms with Crippen LogP contribution in [0.1, 0.15) is 22.8 Å². The third kappa shape index (κ3) is 3.51. The minimum absolute atomic E-state index is 0.0280. The summed E-state index contributed by atoms with van der Waals surface area (Å²) in [6.07, 6.45) is 0.313. The Morgan fingerprint density at radius 2 is 2.16 bits per heavy atom. The number of aldehydes is 1. The molecule has 0 radical (unpaired) electrons. The molecule has 1 aromatic rings. The number of nitro benzene ring substituents is 1. The van der Waals surface area contributed by atoms with Gasteiger partial charge in [0.1, 0.15) is 6.29 Å². The van der Waals surface area contributed by atoms with Crippen LogP contribution >= 0.6 is 0 Å². The van der Waals surface area contributed by atoms with Gasteiger partial charge < -0.3 is 9.47 Å². The molecule has 0 fully saturated rings. The van der Waals surface area contributed by atoms with Crippen molar-refractivity contribution >= 4 is 17.9 Å². The SMILES string of the molecule is CCOC(=O)Cc1cc([N+](=O)[O-])c(OC)cc1C=O. The lowest BCUT2D eigenvalue weighted by Crippen LogP contribution is -2.10. The highest BCUT2D eigenvalue weighted by molar-refractivity contribution is 5.83. The lowest BCUT2D eigenvalue weighted by molar-refractivity contribution is -0.385. The number of hydrogen-bond acceptors (Lipinski definition) is 6. The Hall–Kier alpha value is -2.44. The van der Waals surface area contributed by atoms with Crippen molar-refractivity contribution < 1.29 is 24.0 Å². The first-order chi connectivity index (χ1) is 9.03. The predicted molar refractivity (Wildman–Crippen MR) is 65.4 cm³/mol. The van der Waals surface area contributed by atoms with Crippen molar-refractivity contribution in [2.75, 3.05) is 13.7 Å². The van der Waals surface area contributed by atoms with E-state index >= 15 is 0 Å². The van der Waals surface area contributed by atoms with Gasteiger partial charge in [-0.1, -0.05) is 0 Å². The molecule has 0 atom stereocenters. The maximum Gasteiger partial charge on any atom is 0.311 e. The van der Waals surface area contributed by atoms with Gasteiger partial charge in [-0.2, -0.15) is 0 Å². The van der Waals surface area contributed by atoms with Gasteiger partial charge in [0.25, 0.3) is 0 Å². The first-order valence-corrected chi connectivity index (χ1v) is 5.49. The highest BCUT2D eigenvalue weighted by atomic mass is 16.6.